The molecular weight excluding hydrogens is 480 g/mol. The predicted molar refractivity (Wildman–Crippen MR) is 144 cm³/mol. The van der Waals surface area contributed by atoms with Gasteiger partial charge in [-0.15, -0.1) is 5.10 Å². The van der Waals surface area contributed by atoms with Crippen LogP contribution in [-0.4, -0.2) is 63.0 Å². The third-order valence-electron chi connectivity index (χ3n) is 7.96. The zero-order chi connectivity index (χ0) is 25.9. The second-order valence-electron chi connectivity index (χ2n) is 10.4. The third-order valence-corrected chi connectivity index (χ3v) is 7.96. The number of aromatic nitrogens is 5. The fourth-order valence-electron chi connectivity index (χ4n) is 5.91. The van der Waals surface area contributed by atoms with Gasteiger partial charge in [0.25, 0.3) is 5.56 Å². The van der Waals surface area contributed by atoms with Crippen molar-refractivity contribution >= 4 is 10.9 Å². The summed E-state index contributed by atoms with van der Waals surface area (Å²) in [7, 11) is 1.65. The SMILES string of the molecule is COc1ccc2[nH]c(=O)c([C@H](c3nnnn3C[C@H]3CCCO3)N3CCC(Cc4ccccc4)CC3)cc2c1. The van der Waals surface area contributed by atoms with Gasteiger partial charge >= 0.3 is 0 Å². The molecule has 198 valence electrons. The number of nitrogens with one attached hydrogen (secondary N) is 1. The zero-order valence-corrected chi connectivity index (χ0v) is 21.8. The molecule has 9 heteroatoms. The first-order valence-electron chi connectivity index (χ1n) is 13.5. The molecule has 6 rings (SSSR count). The average Bonchev–Trinajstić information content (AvgIpc) is 3.63. The molecule has 2 aliphatic heterocycles. The van der Waals surface area contributed by atoms with E-state index in [2.05, 4.69) is 55.7 Å². The van der Waals surface area contributed by atoms with Crippen molar-refractivity contribution in [3.63, 3.8) is 0 Å². The van der Waals surface area contributed by atoms with Crippen molar-refractivity contribution in [2.24, 2.45) is 5.92 Å². The highest BCUT2D eigenvalue weighted by Gasteiger charge is 2.34. The van der Waals surface area contributed by atoms with E-state index in [1.54, 1.807) is 7.11 Å². The normalized spacial score (nSPS) is 19.7. The number of methoxy groups -OCH3 is 1. The Bertz CT molecular complexity index is 1420. The van der Waals surface area contributed by atoms with E-state index in [0.717, 1.165) is 68.5 Å². The van der Waals surface area contributed by atoms with Gasteiger partial charge in [-0.3, -0.25) is 9.69 Å². The van der Waals surface area contributed by atoms with Crippen LogP contribution in [0.15, 0.2) is 59.4 Å². The van der Waals surface area contributed by atoms with Gasteiger partial charge in [0.2, 0.25) is 0 Å². The van der Waals surface area contributed by atoms with Gasteiger partial charge in [-0.2, -0.15) is 0 Å². The first kappa shape index (κ1) is 24.8. The van der Waals surface area contributed by atoms with E-state index in [0.29, 0.717) is 23.9 Å². The Morgan fingerprint density at radius 2 is 1.95 bits per heavy atom. The molecule has 4 heterocycles. The molecule has 0 bridgehead atoms. The molecule has 38 heavy (non-hydrogen) atoms. The molecule has 2 atom stereocenters. The van der Waals surface area contributed by atoms with Crippen molar-refractivity contribution in [2.45, 2.75) is 50.8 Å². The van der Waals surface area contributed by atoms with Gasteiger partial charge in [0.15, 0.2) is 5.82 Å². The smallest absolute Gasteiger partial charge is 0.253 e. The molecule has 0 radical (unpaired) electrons. The van der Waals surface area contributed by atoms with Crippen LogP contribution >= 0.6 is 0 Å². The molecule has 0 unspecified atom stereocenters. The van der Waals surface area contributed by atoms with Crippen LogP contribution in [0.25, 0.3) is 10.9 Å². The number of hydrogen-bond donors (Lipinski definition) is 1. The topological polar surface area (TPSA) is 98.2 Å². The van der Waals surface area contributed by atoms with E-state index >= 15 is 0 Å². The van der Waals surface area contributed by atoms with Crippen LogP contribution in [0.2, 0.25) is 0 Å². The molecule has 0 spiro atoms. The summed E-state index contributed by atoms with van der Waals surface area (Å²) in [6.45, 7) is 3.09. The number of nitrogens with zero attached hydrogens (tertiary/aromatic N) is 5. The molecule has 0 amide bonds. The maximum absolute atomic E-state index is 13.5. The van der Waals surface area contributed by atoms with Crippen LogP contribution in [0.3, 0.4) is 0 Å². The van der Waals surface area contributed by atoms with E-state index in [1.807, 2.05) is 28.9 Å². The number of tetrazole rings is 1. The number of aromatic amines is 1. The van der Waals surface area contributed by atoms with Gasteiger partial charge in [-0.05, 0) is 91.4 Å². The van der Waals surface area contributed by atoms with Crippen molar-refractivity contribution in [3.05, 3.63) is 81.9 Å². The van der Waals surface area contributed by atoms with E-state index in [9.17, 15) is 4.79 Å². The molecule has 9 nitrogen and oxygen atoms in total. The maximum Gasteiger partial charge on any atom is 0.253 e. The van der Waals surface area contributed by atoms with Crippen molar-refractivity contribution in [2.75, 3.05) is 26.8 Å². The fourth-order valence-corrected chi connectivity index (χ4v) is 5.91. The molecule has 1 N–H and O–H groups in total. The summed E-state index contributed by atoms with van der Waals surface area (Å²) in [6.07, 6.45) is 5.31. The number of piperidine rings is 1. The molecule has 2 aromatic carbocycles. The lowest BCUT2D eigenvalue weighted by atomic mass is 9.89. The van der Waals surface area contributed by atoms with Crippen LogP contribution < -0.4 is 10.3 Å². The Balaban J connectivity index is 1.33. The number of fused-ring (bicyclic) bond motifs is 1. The standard InChI is InChI=1S/C29H34N6O3/c1-37-23-9-10-26-22(17-23)18-25(29(36)30-26)27(28-31-32-33-35(28)19-24-8-5-15-38-24)34-13-11-21(12-14-34)16-20-6-3-2-4-7-20/h2-4,6-7,9-10,17-18,21,24,27H,5,8,11-16,19H2,1H3,(H,30,36)/t24-,27-/m1/s1. The minimum Gasteiger partial charge on any atom is -0.497 e. The summed E-state index contributed by atoms with van der Waals surface area (Å²) in [5, 5.41) is 13.8. The minimum atomic E-state index is -0.358. The van der Waals surface area contributed by atoms with E-state index in [-0.39, 0.29) is 17.7 Å². The summed E-state index contributed by atoms with van der Waals surface area (Å²) >= 11 is 0. The lowest BCUT2D eigenvalue weighted by Gasteiger charge is -2.37. The van der Waals surface area contributed by atoms with Crippen molar-refractivity contribution in [1.29, 1.82) is 0 Å². The molecule has 4 aromatic rings. The monoisotopic (exact) mass is 514 g/mol. The van der Waals surface area contributed by atoms with Crippen LogP contribution in [0, 0.1) is 5.92 Å². The first-order valence-corrected chi connectivity index (χ1v) is 13.5. The van der Waals surface area contributed by atoms with Crippen molar-refractivity contribution < 1.29 is 9.47 Å². The quantitative estimate of drug-likeness (QED) is 0.382. The van der Waals surface area contributed by atoms with Gasteiger partial charge in [0.1, 0.15) is 11.8 Å². The third kappa shape index (κ3) is 5.21. The predicted octanol–water partition coefficient (Wildman–Crippen LogP) is 3.75. The second-order valence-corrected chi connectivity index (χ2v) is 10.4. The first-order chi connectivity index (χ1) is 18.7. The lowest BCUT2D eigenvalue weighted by Crippen LogP contribution is -2.41. The van der Waals surface area contributed by atoms with E-state index < -0.39 is 0 Å². The molecule has 2 fully saturated rings. The number of H-pyrrole nitrogens is 1. The summed E-state index contributed by atoms with van der Waals surface area (Å²) in [4.78, 5) is 19.0. The number of benzene rings is 2. The zero-order valence-electron chi connectivity index (χ0n) is 21.8. The number of likely N-dealkylation sites (tertiary alicyclic amines) is 1. The molecule has 2 aromatic heterocycles. The Hall–Kier alpha value is -3.56. The van der Waals surface area contributed by atoms with Gasteiger partial charge in [-0.1, -0.05) is 30.3 Å². The largest absolute Gasteiger partial charge is 0.497 e. The summed E-state index contributed by atoms with van der Waals surface area (Å²) in [6, 6.07) is 18.0. The van der Waals surface area contributed by atoms with E-state index in [4.69, 9.17) is 9.47 Å². The number of pyridine rings is 1. The summed E-state index contributed by atoms with van der Waals surface area (Å²) in [5.74, 6) is 2.04. The lowest BCUT2D eigenvalue weighted by molar-refractivity contribution is 0.0892. The minimum absolute atomic E-state index is 0.0913. The molecule has 2 saturated heterocycles. The number of ether oxygens (including phenoxy) is 2. The highest BCUT2D eigenvalue weighted by molar-refractivity contribution is 5.80. The molecule has 2 aliphatic rings. The number of rotatable bonds is 8. The Morgan fingerprint density at radius 1 is 1.11 bits per heavy atom. The average molecular weight is 515 g/mol. The molecule has 0 saturated carbocycles. The van der Waals surface area contributed by atoms with Gasteiger partial charge in [0, 0.05) is 23.1 Å². The van der Waals surface area contributed by atoms with Gasteiger partial charge in [-0.25, -0.2) is 4.68 Å². The second kappa shape index (κ2) is 11.0. The highest BCUT2D eigenvalue weighted by Crippen LogP contribution is 2.33. The van der Waals surface area contributed by atoms with Crippen LogP contribution in [0.4, 0.5) is 0 Å². The maximum atomic E-state index is 13.5. The summed E-state index contributed by atoms with van der Waals surface area (Å²) in [5.41, 5.74) is 2.68. The Labute approximate surface area is 221 Å². The van der Waals surface area contributed by atoms with Crippen LogP contribution in [0.5, 0.6) is 5.75 Å². The van der Waals surface area contributed by atoms with Crippen LogP contribution in [-0.2, 0) is 17.7 Å². The molecule has 0 aliphatic carbocycles. The van der Waals surface area contributed by atoms with Gasteiger partial charge < -0.3 is 14.5 Å². The number of hydrogen-bond acceptors (Lipinski definition) is 7. The van der Waals surface area contributed by atoms with Crippen LogP contribution in [0.1, 0.15) is 48.7 Å². The van der Waals surface area contributed by atoms with Crippen molar-refractivity contribution in [1.82, 2.24) is 30.1 Å². The fraction of sp³-hybridized carbons (Fsp3) is 0.448. The van der Waals surface area contributed by atoms with Crippen molar-refractivity contribution in [3.8, 4) is 5.75 Å². The van der Waals surface area contributed by atoms with Gasteiger partial charge in [0.05, 0.1) is 19.8 Å². The summed E-state index contributed by atoms with van der Waals surface area (Å²) < 4.78 is 13.2. The highest BCUT2D eigenvalue weighted by atomic mass is 16.5. The van der Waals surface area contributed by atoms with E-state index in [1.165, 1.54) is 5.56 Å². The Morgan fingerprint density at radius 3 is 2.71 bits per heavy atom. The Kier molecular flexibility index (Phi) is 7.20. The molecular formula is C29H34N6O3.